The fraction of sp³-hybridized carbons (Fsp3) is 0.267. The number of phenols is 1. The Bertz CT molecular complexity index is 740. The lowest BCUT2D eigenvalue weighted by atomic mass is 10.0. The fourth-order valence-electron chi connectivity index (χ4n) is 2.08. The number of rotatable bonds is 4. The van der Waals surface area contributed by atoms with Gasteiger partial charge in [-0.15, -0.1) is 0 Å². The van der Waals surface area contributed by atoms with Gasteiger partial charge in [-0.1, -0.05) is 0 Å². The van der Waals surface area contributed by atoms with Crippen LogP contribution >= 0.6 is 0 Å². The predicted octanol–water partition coefficient (Wildman–Crippen LogP) is 3.28. The molecule has 0 saturated heterocycles. The summed E-state index contributed by atoms with van der Waals surface area (Å²) in [7, 11) is 2.77. The lowest BCUT2D eigenvalue weighted by Gasteiger charge is -2.14. The van der Waals surface area contributed by atoms with Crippen molar-refractivity contribution in [3.8, 4) is 17.2 Å². The molecule has 0 spiro atoms. The number of esters is 1. The first-order valence-corrected chi connectivity index (χ1v) is 6.38. The highest BCUT2D eigenvalue weighted by Gasteiger charge is 2.31. The van der Waals surface area contributed by atoms with Crippen molar-refractivity contribution in [2.45, 2.75) is 6.18 Å². The molecule has 0 aromatic heterocycles. The van der Waals surface area contributed by atoms with E-state index in [-0.39, 0.29) is 10.9 Å². The number of carbonyl (C=O) groups is 1. The molecule has 1 N–H and O–H groups in total. The monoisotopic (exact) mass is 330 g/mol. The highest BCUT2D eigenvalue weighted by Crippen LogP contribution is 2.37. The minimum Gasteiger partial charge on any atom is -0.507 e. The van der Waals surface area contributed by atoms with Crippen molar-refractivity contribution in [3.05, 3.63) is 29.8 Å². The van der Waals surface area contributed by atoms with Gasteiger partial charge in [0.05, 0.1) is 14.2 Å². The average molecular weight is 330 g/mol. The van der Waals surface area contributed by atoms with Crippen LogP contribution in [0.4, 0.5) is 13.2 Å². The summed E-state index contributed by atoms with van der Waals surface area (Å²) >= 11 is 0. The second kappa shape index (κ2) is 6.23. The number of ether oxygens (including phenoxy) is 3. The lowest BCUT2D eigenvalue weighted by molar-refractivity contribution is -0.161. The van der Waals surface area contributed by atoms with Gasteiger partial charge in [0.15, 0.2) is 6.61 Å². The van der Waals surface area contributed by atoms with Gasteiger partial charge in [-0.2, -0.15) is 13.2 Å². The maximum atomic E-state index is 12.2. The van der Waals surface area contributed by atoms with Crippen LogP contribution < -0.4 is 9.47 Å². The quantitative estimate of drug-likeness (QED) is 0.872. The Kier molecular flexibility index (Phi) is 4.53. The van der Waals surface area contributed by atoms with E-state index in [1.165, 1.54) is 32.4 Å². The fourth-order valence-corrected chi connectivity index (χ4v) is 2.08. The molecule has 0 heterocycles. The SMILES string of the molecule is COc1cc(OC)c2ccc(O)c(C(=O)OCC(F)(F)F)c2c1. The Morgan fingerprint density at radius 3 is 2.39 bits per heavy atom. The molecule has 2 aromatic carbocycles. The summed E-state index contributed by atoms with van der Waals surface area (Å²) in [5.41, 5.74) is -0.385. The molecule has 0 radical (unpaired) electrons. The number of aromatic hydroxyl groups is 1. The van der Waals surface area contributed by atoms with Crippen molar-refractivity contribution in [1.82, 2.24) is 0 Å². The summed E-state index contributed by atoms with van der Waals surface area (Å²) in [5, 5.41) is 10.5. The Balaban J connectivity index is 2.57. The van der Waals surface area contributed by atoms with Gasteiger partial charge in [0.25, 0.3) is 0 Å². The molecule has 0 aliphatic rings. The Morgan fingerprint density at radius 1 is 1.13 bits per heavy atom. The summed E-state index contributed by atoms with van der Waals surface area (Å²) < 4.78 is 51.1. The van der Waals surface area contributed by atoms with E-state index < -0.39 is 24.5 Å². The van der Waals surface area contributed by atoms with E-state index in [9.17, 15) is 23.1 Å². The Morgan fingerprint density at radius 2 is 1.83 bits per heavy atom. The highest BCUT2D eigenvalue weighted by atomic mass is 19.4. The zero-order chi connectivity index (χ0) is 17.2. The lowest BCUT2D eigenvalue weighted by Crippen LogP contribution is -2.20. The number of halogens is 3. The topological polar surface area (TPSA) is 65.0 Å². The summed E-state index contributed by atoms with van der Waals surface area (Å²) in [6, 6.07) is 5.61. The molecule has 23 heavy (non-hydrogen) atoms. The Labute approximate surface area is 129 Å². The van der Waals surface area contributed by atoms with Gasteiger partial charge in [0.1, 0.15) is 22.8 Å². The largest absolute Gasteiger partial charge is 0.507 e. The molecule has 0 aliphatic heterocycles. The number of alkyl halides is 3. The second-order valence-corrected chi connectivity index (χ2v) is 4.58. The number of fused-ring (bicyclic) bond motifs is 1. The molecule has 0 amide bonds. The maximum absolute atomic E-state index is 12.2. The molecule has 2 aromatic rings. The zero-order valence-electron chi connectivity index (χ0n) is 12.2. The molecule has 8 heteroatoms. The van der Waals surface area contributed by atoms with Crippen LogP contribution in [0.2, 0.25) is 0 Å². The summed E-state index contributed by atoms with van der Waals surface area (Å²) in [6.07, 6.45) is -4.66. The van der Waals surface area contributed by atoms with Crippen molar-refractivity contribution >= 4 is 16.7 Å². The number of benzene rings is 2. The van der Waals surface area contributed by atoms with Crippen molar-refractivity contribution in [2.75, 3.05) is 20.8 Å². The zero-order valence-corrected chi connectivity index (χ0v) is 12.2. The molecule has 0 fully saturated rings. The molecular formula is C15H13F3O5. The highest BCUT2D eigenvalue weighted by molar-refractivity contribution is 6.09. The normalized spacial score (nSPS) is 11.3. The van der Waals surface area contributed by atoms with Crippen molar-refractivity contribution < 1.29 is 37.3 Å². The summed E-state index contributed by atoms with van der Waals surface area (Å²) in [4.78, 5) is 12.0. The third-order valence-electron chi connectivity index (χ3n) is 3.08. The molecule has 0 atom stereocenters. The molecular weight excluding hydrogens is 317 g/mol. The van der Waals surface area contributed by atoms with Gasteiger partial charge in [0.2, 0.25) is 0 Å². The van der Waals surface area contributed by atoms with Crippen LogP contribution in [0.3, 0.4) is 0 Å². The number of hydrogen-bond donors (Lipinski definition) is 1. The van der Waals surface area contributed by atoms with Crippen LogP contribution in [-0.2, 0) is 4.74 Å². The van der Waals surface area contributed by atoms with E-state index in [0.29, 0.717) is 16.9 Å². The molecule has 0 saturated carbocycles. The smallest absolute Gasteiger partial charge is 0.422 e. The summed E-state index contributed by atoms with van der Waals surface area (Å²) in [6.45, 7) is -1.75. The van der Waals surface area contributed by atoms with Gasteiger partial charge in [0, 0.05) is 16.8 Å². The number of hydrogen-bond acceptors (Lipinski definition) is 5. The molecule has 2 rings (SSSR count). The van der Waals surface area contributed by atoms with E-state index in [1.807, 2.05) is 0 Å². The first-order valence-electron chi connectivity index (χ1n) is 6.38. The minimum atomic E-state index is -4.66. The van der Waals surface area contributed by atoms with Gasteiger partial charge in [-0.3, -0.25) is 0 Å². The maximum Gasteiger partial charge on any atom is 0.422 e. The van der Waals surface area contributed by atoms with E-state index in [4.69, 9.17) is 9.47 Å². The molecule has 5 nitrogen and oxygen atoms in total. The number of methoxy groups -OCH3 is 2. The van der Waals surface area contributed by atoms with Gasteiger partial charge < -0.3 is 19.3 Å². The third kappa shape index (κ3) is 3.58. The number of carbonyl (C=O) groups excluding carboxylic acids is 1. The first kappa shape index (κ1) is 16.7. The van der Waals surface area contributed by atoms with E-state index >= 15 is 0 Å². The summed E-state index contributed by atoms with van der Waals surface area (Å²) in [5.74, 6) is -1.14. The van der Waals surface area contributed by atoms with Crippen LogP contribution in [0.1, 0.15) is 10.4 Å². The van der Waals surface area contributed by atoms with E-state index in [1.54, 1.807) is 6.07 Å². The minimum absolute atomic E-state index is 0.161. The molecule has 124 valence electrons. The van der Waals surface area contributed by atoms with Crippen LogP contribution in [0.25, 0.3) is 10.8 Å². The van der Waals surface area contributed by atoms with E-state index in [0.717, 1.165) is 0 Å². The predicted molar refractivity (Wildman–Crippen MR) is 75.1 cm³/mol. The first-order chi connectivity index (χ1) is 10.8. The molecule has 0 unspecified atom stereocenters. The average Bonchev–Trinajstić information content (AvgIpc) is 2.50. The third-order valence-corrected chi connectivity index (χ3v) is 3.08. The number of phenolic OH excluding ortho intramolecular Hbond substituents is 1. The van der Waals surface area contributed by atoms with Gasteiger partial charge >= 0.3 is 12.1 Å². The van der Waals surface area contributed by atoms with Crippen molar-refractivity contribution in [1.29, 1.82) is 0 Å². The van der Waals surface area contributed by atoms with E-state index in [2.05, 4.69) is 4.74 Å². The second-order valence-electron chi connectivity index (χ2n) is 4.58. The van der Waals surface area contributed by atoms with Gasteiger partial charge in [-0.05, 0) is 18.2 Å². The van der Waals surface area contributed by atoms with Gasteiger partial charge in [-0.25, -0.2) is 4.79 Å². The van der Waals surface area contributed by atoms with Crippen LogP contribution in [0.5, 0.6) is 17.2 Å². The van der Waals surface area contributed by atoms with Crippen molar-refractivity contribution in [2.24, 2.45) is 0 Å². The standard InChI is InChI=1S/C15H13F3O5/c1-21-8-5-10-9(12(6-8)22-2)3-4-11(19)13(10)14(20)23-7-15(16,17)18/h3-6,19H,7H2,1-2H3. The molecule has 0 aliphatic carbocycles. The Hall–Kier alpha value is -2.64. The van der Waals surface area contributed by atoms with Crippen LogP contribution in [0, 0.1) is 0 Å². The van der Waals surface area contributed by atoms with Crippen LogP contribution in [-0.4, -0.2) is 38.1 Å². The molecule has 0 bridgehead atoms. The van der Waals surface area contributed by atoms with Crippen LogP contribution in [0.15, 0.2) is 24.3 Å². The van der Waals surface area contributed by atoms with Crippen molar-refractivity contribution in [3.63, 3.8) is 0 Å².